The van der Waals surface area contributed by atoms with E-state index in [2.05, 4.69) is 12.1 Å². The Balaban J connectivity index is 1.77. The van der Waals surface area contributed by atoms with Crippen molar-refractivity contribution in [2.45, 2.75) is 38.5 Å². The van der Waals surface area contributed by atoms with Crippen molar-refractivity contribution in [1.29, 1.82) is 0 Å². The topological polar surface area (TPSA) is 64.8 Å². The third kappa shape index (κ3) is 3.99. The molecule has 2 aromatic carbocycles. The molecule has 1 atom stereocenters. The second kappa shape index (κ2) is 7.38. The van der Waals surface area contributed by atoms with E-state index in [0.29, 0.717) is 23.6 Å². The molecule has 2 aromatic rings. The van der Waals surface area contributed by atoms with Crippen molar-refractivity contribution in [2.24, 2.45) is 5.73 Å². The van der Waals surface area contributed by atoms with Gasteiger partial charge < -0.3 is 20.1 Å². The Labute approximate surface area is 154 Å². The lowest BCUT2D eigenvalue weighted by atomic mass is 10.0. The van der Waals surface area contributed by atoms with Crippen LogP contribution in [0.15, 0.2) is 48.5 Å². The molecule has 1 amide bonds. The molecule has 1 aliphatic heterocycles. The van der Waals surface area contributed by atoms with E-state index in [0.717, 1.165) is 12.8 Å². The van der Waals surface area contributed by atoms with E-state index in [-0.39, 0.29) is 11.9 Å². The Hall–Kier alpha value is -2.53. The maximum absolute atomic E-state index is 13.0. The third-order valence-corrected chi connectivity index (χ3v) is 4.58. The van der Waals surface area contributed by atoms with Gasteiger partial charge in [0.15, 0.2) is 11.5 Å². The highest BCUT2D eigenvalue weighted by molar-refractivity contribution is 5.95. The zero-order chi connectivity index (χ0) is 18.7. The zero-order valence-electron chi connectivity index (χ0n) is 15.6. The number of nitrogens with zero attached hydrogens (tertiary/aromatic N) is 1. The van der Waals surface area contributed by atoms with Crippen LogP contribution in [0.2, 0.25) is 0 Å². The predicted octanol–water partition coefficient (Wildman–Crippen LogP) is 3.23. The van der Waals surface area contributed by atoms with Crippen LogP contribution in [0.25, 0.3) is 0 Å². The summed E-state index contributed by atoms with van der Waals surface area (Å²) >= 11 is 0. The highest BCUT2D eigenvalue weighted by atomic mass is 16.7. The number of nitrogens with two attached hydrogens (primary N) is 1. The van der Waals surface area contributed by atoms with Gasteiger partial charge in [0.2, 0.25) is 5.79 Å². The molecule has 0 saturated heterocycles. The maximum atomic E-state index is 13.0. The third-order valence-electron chi connectivity index (χ3n) is 4.58. The van der Waals surface area contributed by atoms with Crippen LogP contribution in [0.5, 0.6) is 11.5 Å². The SMILES string of the molecule is CN(C(=O)c1ccc2c(c1)OC(C)(C)O2)[C@H](CCN)Cc1ccccc1. The largest absolute Gasteiger partial charge is 0.449 e. The van der Waals surface area contributed by atoms with Crippen LogP contribution in [0.1, 0.15) is 36.2 Å². The fourth-order valence-corrected chi connectivity index (χ4v) is 3.24. The molecule has 0 aliphatic carbocycles. The number of hydrogen-bond acceptors (Lipinski definition) is 4. The van der Waals surface area contributed by atoms with Gasteiger partial charge >= 0.3 is 0 Å². The number of fused-ring (bicyclic) bond motifs is 1. The number of likely N-dealkylation sites (N-methyl/N-ethyl adjacent to an activating group) is 1. The summed E-state index contributed by atoms with van der Waals surface area (Å²) in [5.41, 5.74) is 7.57. The Bertz CT molecular complexity index is 774. The Kier molecular flexibility index (Phi) is 5.18. The second-order valence-corrected chi connectivity index (χ2v) is 7.10. The number of benzene rings is 2. The number of rotatable bonds is 6. The van der Waals surface area contributed by atoms with Crippen LogP contribution >= 0.6 is 0 Å². The van der Waals surface area contributed by atoms with Crippen LogP contribution in [-0.2, 0) is 6.42 Å². The molecule has 0 unspecified atom stereocenters. The normalized spacial score (nSPS) is 15.5. The van der Waals surface area contributed by atoms with Gasteiger partial charge in [-0.3, -0.25) is 4.79 Å². The second-order valence-electron chi connectivity index (χ2n) is 7.10. The quantitative estimate of drug-likeness (QED) is 0.865. The van der Waals surface area contributed by atoms with Gasteiger partial charge in [0, 0.05) is 32.5 Å². The minimum atomic E-state index is -0.703. The molecule has 0 saturated carbocycles. The van der Waals surface area contributed by atoms with E-state index in [1.807, 2.05) is 39.1 Å². The van der Waals surface area contributed by atoms with Crippen molar-refractivity contribution in [3.8, 4) is 11.5 Å². The molecule has 2 N–H and O–H groups in total. The summed E-state index contributed by atoms with van der Waals surface area (Å²) in [6, 6.07) is 15.5. The Morgan fingerprint density at radius 1 is 1.12 bits per heavy atom. The van der Waals surface area contributed by atoms with E-state index in [1.165, 1.54) is 5.56 Å². The summed E-state index contributed by atoms with van der Waals surface area (Å²) < 4.78 is 11.4. The monoisotopic (exact) mass is 354 g/mol. The van der Waals surface area contributed by atoms with Crippen molar-refractivity contribution in [3.63, 3.8) is 0 Å². The van der Waals surface area contributed by atoms with Crippen LogP contribution in [-0.4, -0.2) is 36.2 Å². The zero-order valence-corrected chi connectivity index (χ0v) is 15.6. The molecule has 0 bridgehead atoms. The fourth-order valence-electron chi connectivity index (χ4n) is 3.24. The van der Waals surface area contributed by atoms with E-state index in [1.54, 1.807) is 23.1 Å². The summed E-state index contributed by atoms with van der Waals surface area (Å²) in [5, 5.41) is 0. The molecule has 0 radical (unpaired) electrons. The molecular formula is C21H26N2O3. The van der Waals surface area contributed by atoms with Gasteiger partial charge in [-0.1, -0.05) is 30.3 Å². The molecule has 5 heteroatoms. The number of hydrogen-bond donors (Lipinski definition) is 1. The lowest BCUT2D eigenvalue weighted by Crippen LogP contribution is -2.39. The van der Waals surface area contributed by atoms with Crippen LogP contribution in [0.3, 0.4) is 0 Å². The molecule has 5 nitrogen and oxygen atoms in total. The first-order valence-corrected chi connectivity index (χ1v) is 8.93. The van der Waals surface area contributed by atoms with E-state index in [9.17, 15) is 4.79 Å². The summed E-state index contributed by atoms with van der Waals surface area (Å²) in [7, 11) is 1.83. The Morgan fingerprint density at radius 3 is 2.50 bits per heavy atom. The van der Waals surface area contributed by atoms with Crippen LogP contribution < -0.4 is 15.2 Å². The molecular weight excluding hydrogens is 328 g/mol. The molecule has 138 valence electrons. The van der Waals surface area contributed by atoms with Crippen LogP contribution in [0, 0.1) is 0 Å². The van der Waals surface area contributed by atoms with Gasteiger partial charge in [-0.15, -0.1) is 0 Å². The molecule has 3 rings (SSSR count). The van der Waals surface area contributed by atoms with Gasteiger partial charge in [0.1, 0.15) is 0 Å². The van der Waals surface area contributed by atoms with Crippen molar-refractivity contribution in [1.82, 2.24) is 4.90 Å². The molecule has 1 heterocycles. The van der Waals surface area contributed by atoms with Crippen molar-refractivity contribution >= 4 is 5.91 Å². The number of carbonyl (C=O) groups excluding carboxylic acids is 1. The standard InChI is InChI=1S/C21H26N2O3/c1-21(2)25-18-10-9-16(14-19(18)26-21)20(24)23(3)17(11-12-22)13-15-7-5-4-6-8-15/h4-10,14,17H,11-13,22H2,1-3H3/t17-/m1/s1. The first kappa shape index (κ1) is 18.3. The smallest absolute Gasteiger partial charge is 0.253 e. The molecule has 26 heavy (non-hydrogen) atoms. The first-order valence-electron chi connectivity index (χ1n) is 8.93. The van der Waals surface area contributed by atoms with Crippen molar-refractivity contribution < 1.29 is 14.3 Å². The molecule has 0 spiro atoms. The van der Waals surface area contributed by atoms with Crippen LogP contribution in [0.4, 0.5) is 0 Å². The average molecular weight is 354 g/mol. The summed E-state index contributed by atoms with van der Waals surface area (Å²) in [4.78, 5) is 14.8. The first-order chi connectivity index (χ1) is 12.4. The van der Waals surface area contributed by atoms with Gasteiger partial charge in [0.25, 0.3) is 5.91 Å². The fraction of sp³-hybridized carbons (Fsp3) is 0.381. The molecule has 0 aromatic heterocycles. The van der Waals surface area contributed by atoms with Crippen molar-refractivity contribution in [2.75, 3.05) is 13.6 Å². The van der Waals surface area contributed by atoms with E-state index >= 15 is 0 Å². The van der Waals surface area contributed by atoms with Gasteiger partial charge in [-0.25, -0.2) is 0 Å². The Morgan fingerprint density at radius 2 is 1.81 bits per heavy atom. The summed E-state index contributed by atoms with van der Waals surface area (Å²) in [6.45, 7) is 4.22. The van der Waals surface area contributed by atoms with Gasteiger partial charge in [-0.2, -0.15) is 0 Å². The molecule has 1 aliphatic rings. The number of ether oxygens (including phenoxy) is 2. The predicted molar refractivity (Wildman–Crippen MR) is 101 cm³/mol. The lowest BCUT2D eigenvalue weighted by Gasteiger charge is -2.28. The van der Waals surface area contributed by atoms with Gasteiger partial charge in [-0.05, 0) is 43.1 Å². The lowest BCUT2D eigenvalue weighted by molar-refractivity contribution is -0.0431. The summed E-state index contributed by atoms with van der Waals surface area (Å²) in [6.07, 6.45) is 1.52. The van der Waals surface area contributed by atoms with E-state index < -0.39 is 5.79 Å². The minimum Gasteiger partial charge on any atom is -0.449 e. The highest BCUT2D eigenvalue weighted by Gasteiger charge is 2.32. The highest BCUT2D eigenvalue weighted by Crippen LogP contribution is 2.39. The number of amides is 1. The summed E-state index contributed by atoms with van der Waals surface area (Å²) in [5.74, 6) is 0.519. The minimum absolute atomic E-state index is 0.0387. The van der Waals surface area contributed by atoms with Gasteiger partial charge in [0.05, 0.1) is 0 Å². The maximum Gasteiger partial charge on any atom is 0.253 e. The van der Waals surface area contributed by atoms with E-state index in [4.69, 9.17) is 15.2 Å². The average Bonchev–Trinajstić information content (AvgIpc) is 2.93. The molecule has 0 fully saturated rings. The van der Waals surface area contributed by atoms with Crippen molar-refractivity contribution in [3.05, 3.63) is 59.7 Å². The number of carbonyl (C=O) groups is 1.